The number of rotatable bonds is 1. The molecule has 0 saturated heterocycles. The van der Waals surface area contributed by atoms with Gasteiger partial charge in [-0.25, -0.2) is 0 Å². The van der Waals surface area contributed by atoms with Crippen LogP contribution >= 0.6 is 0 Å². The van der Waals surface area contributed by atoms with Crippen LogP contribution in [-0.2, 0) is 0 Å². The molecule has 0 spiro atoms. The van der Waals surface area contributed by atoms with E-state index < -0.39 is 0 Å². The summed E-state index contributed by atoms with van der Waals surface area (Å²) in [6.07, 6.45) is 0. The molecular weight excluding hydrogens is 260 g/mol. The van der Waals surface area contributed by atoms with Crippen molar-refractivity contribution in [3.63, 3.8) is 0 Å². The first-order valence-corrected chi connectivity index (χ1v) is 6.76. The molecule has 4 rings (SSSR count). The molecular formula is C17H13N4+. The summed E-state index contributed by atoms with van der Waals surface area (Å²) in [5.74, 6) is 0.441. The molecule has 0 aliphatic heterocycles. The normalized spacial score (nSPS) is 11.0. The van der Waals surface area contributed by atoms with Crippen LogP contribution < -0.4 is 10.2 Å². The number of nitrogens with two attached hydrogens (primary N) is 1. The number of anilines is 1. The lowest BCUT2D eigenvalue weighted by molar-refractivity contribution is -0.553. The zero-order valence-electron chi connectivity index (χ0n) is 11.3. The fourth-order valence-electron chi connectivity index (χ4n) is 2.50. The SMILES string of the molecule is Nc1nc2ccc3ccccc3[n+]2nc1-c1ccccc1. The first-order valence-electron chi connectivity index (χ1n) is 6.76. The third-order valence-electron chi connectivity index (χ3n) is 3.52. The van der Waals surface area contributed by atoms with Gasteiger partial charge in [-0.05, 0) is 17.1 Å². The number of hydrogen-bond acceptors (Lipinski definition) is 3. The van der Waals surface area contributed by atoms with E-state index in [1.165, 1.54) is 0 Å². The Labute approximate surface area is 121 Å². The lowest BCUT2D eigenvalue weighted by atomic mass is 10.1. The monoisotopic (exact) mass is 273 g/mol. The second-order valence-electron chi connectivity index (χ2n) is 4.87. The van der Waals surface area contributed by atoms with Gasteiger partial charge in [-0.1, -0.05) is 58.1 Å². The van der Waals surface area contributed by atoms with Crippen molar-refractivity contribution in [2.75, 3.05) is 5.73 Å². The molecule has 21 heavy (non-hydrogen) atoms. The van der Waals surface area contributed by atoms with Gasteiger partial charge in [0.2, 0.25) is 0 Å². The van der Waals surface area contributed by atoms with Gasteiger partial charge in [-0.15, -0.1) is 0 Å². The van der Waals surface area contributed by atoms with Crippen LogP contribution in [0.4, 0.5) is 5.82 Å². The molecule has 0 bridgehead atoms. The Morgan fingerprint density at radius 1 is 0.810 bits per heavy atom. The van der Waals surface area contributed by atoms with Gasteiger partial charge in [0.25, 0.3) is 5.82 Å². The second kappa shape index (κ2) is 4.52. The molecule has 4 nitrogen and oxygen atoms in total. The molecule has 0 aliphatic rings. The zero-order chi connectivity index (χ0) is 14.2. The Balaban J connectivity index is 2.09. The lowest BCUT2D eigenvalue weighted by Crippen LogP contribution is -2.30. The van der Waals surface area contributed by atoms with Crippen molar-refractivity contribution < 1.29 is 4.52 Å². The highest BCUT2D eigenvalue weighted by Gasteiger charge is 2.17. The predicted octanol–water partition coefficient (Wildman–Crippen LogP) is 2.62. The van der Waals surface area contributed by atoms with Crippen molar-refractivity contribution in [1.29, 1.82) is 0 Å². The van der Waals surface area contributed by atoms with Gasteiger partial charge in [-0.3, -0.25) is 0 Å². The van der Waals surface area contributed by atoms with Crippen molar-refractivity contribution >= 4 is 22.4 Å². The number of fused-ring (bicyclic) bond motifs is 3. The fourth-order valence-corrected chi connectivity index (χ4v) is 2.50. The third-order valence-corrected chi connectivity index (χ3v) is 3.52. The number of para-hydroxylation sites is 1. The van der Waals surface area contributed by atoms with Gasteiger partial charge in [0.1, 0.15) is 0 Å². The highest BCUT2D eigenvalue weighted by atomic mass is 15.3. The van der Waals surface area contributed by atoms with E-state index in [-0.39, 0.29) is 0 Å². The summed E-state index contributed by atoms with van der Waals surface area (Å²) < 4.78 is 1.84. The maximum Gasteiger partial charge on any atom is 0.351 e. The summed E-state index contributed by atoms with van der Waals surface area (Å²) >= 11 is 0. The van der Waals surface area contributed by atoms with E-state index >= 15 is 0 Å². The minimum Gasteiger partial charge on any atom is -0.361 e. The molecule has 0 saturated carbocycles. The average molecular weight is 273 g/mol. The van der Waals surface area contributed by atoms with Crippen molar-refractivity contribution in [2.45, 2.75) is 0 Å². The Morgan fingerprint density at radius 3 is 2.43 bits per heavy atom. The van der Waals surface area contributed by atoms with Crippen LogP contribution in [0, 0.1) is 0 Å². The molecule has 0 fully saturated rings. The molecule has 0 amide bonds. The maximum absolute atomic E-state index is 6.08. The highest BCUT2D eigenvalue weighted by Crippen LogP contribution is 2.21. The number of nitrogens with zero attached hydrogens (tertiary/aromatic N) is 3. The first kappa shape index (κ1) is 11.8. The molecule has 0 radical (unpaired) electrons. The van der Waals surface area contributed by atoms with Crippen LogP contribution in [0.2, 0.25) is 0 Å². The summed E-state index contributed by atoms with van der Waals surface area (Å²) in [5, 5.41) is 5.82. The predicted molar refractivity (Wildman–Crippen MR) is 82.5 cm³/mol. The molecule has 4 heteroatoms. The standard InChI is InChI=1S/C17H12N4/c18-17-16(13-7-2-1-3-8-13)20-21-14-9-5-4-6-12(14)10-11-15(21)19-17/h1-11,18H/p+1. The minimum absolute atomic E-state index is 0.441. The molecule has 2 aromatic heterocycles. The van der Waals surface area contributed by atoms with Crippen molar-refractivity contribution in [3.8, 4) is 11.3 Å². The third kappa shape index (κ3) is 1.89. The minimum atomic E-state index is 0.441. The summed E-state index contributed by atoms with van der Waals surface area (Å²) in [6.45, 7) is 0. The average Bonchev–Trinajstić information content (AvgIpc) is 2.55. The van der Waals surface area contributed by atoms with Gasteiger partial charge in [0.15, 0.2) is 11.2 Å². The van der Waals surface area contributed by atoms with Crippen molar-refractivity contribution in [2.24, 2.45) is 0 Å². The second-order valence-corrected chi connectivity index (χ2v) is 4.87. The van der Waals surface area contributed by atoms with E-state index in [0.717, 1.165) is 22.1 Å². The fraction of sp³-hybridized carbons (Fsp3) is 0. The number of benzene rings is 2. The van der Waals surface area contributed by atoms with Crippen LogP contribution in [-0.4, -0.2) is 10.1 Å². The Hall–Kier alpha value is -3.01. The largest absolute Gasteiger partial charge is 0.361 e. The molecule has 2 heterocycles. The highest BCUT2D eigenvalue weighted by molar-refractivity contribution is 5.77. The van der Waals surface area contributed by atoms with Crippen LogP contribution in [0.25, 0.3) is 27.8 Å². The molecule has 100 valence electrons. The van der Waals surface area contributed by atoms with E-state index in [1.807, 2.05) is 65.2 Å². The Kier molecular flexibility index (Phi) is 2.54. The van der Waals surface area contributed by atoms with Crippen molar-refractivity contribution in [1.82, 2.24) is 10.1 Å². The smallest absolute Gasteiger partial charge is 0.351 e. The van der Waals surface area contributed by atoms with E-state index in [1.54, 1.807) is 0 Å². The number of hydrogen-bond donors (Lipinski definition) is 1. The summed E-state index contributed by atoms with van der Waals surface area (Å²) in [5.41, 5.74) is 9.49. The summed E-state index contributed by atoms with van der Waals surface area (Å²) in [7, 11) is 0. The van der Waals surface area contributed by atoms with E-state index in [2.05, 4.69) is 11.1 Å². The van der Waals surface area contributed by atoms with E-state index in [9.17, 15) is 0 Å². The van der Waals surface area contributed by atoms with Gasteiger partial charge in [-0.2, -0.15) is 0 Å². The number of aromatic nitrogens is 3. The molecule has 0 unspecified atom stereocenters. The topological polar surface area (TPSA) is 55.9 Å². The van der Waals surface area contributed by atoms with Crippen LogP contribution in [0.1, 0.15) is 0 Å². The summed E-state index contributed by atoms with van der Waals surface area (Å²) in [4.78, 5) is 4.48. The molecule has 0 aliphatic carbocycles. The van der Waals surface area contributed by atoms with Crippen LogP contribution in [0.15, 0.2) is 66.7 Å². The number of pyridine rings is 1. The maximum atomic E-state index is 6.08. The van der Waals surface area contributed by atoms with Crippen molar-refractivity contribution in [3.05, 3.63) is 66.7 Å². The molecule has 2 aromatic carbocycles. The Morgan fingerprint density at radius 2 is 1.57 bits per heavy atom. The summed E-state index contributed by atoms with van der Waals surface area (Å²) in [6, 6.07) is 21.9. The van der Waals surface area contributed by atoms with Gasteiger partial charge in [0, 0.05) is 17.0 Å². The molecule has 2 N–H and O–H groups in total. The zero-order valence-corrected chi connectivity index (χ0v) is 11.3. The molecule has 4 aromatic rings. The number of nitrogen functional groups attached to an aromatic ring is 1. The lowest BCUT2D eigenvalue weighted by Gasteiger charge is -2.02. The quantitative estimate of drug-likeness (QED) is 0.428. The van der Waals surface area contributed by atoms with Crippen LogP contribution in [0.5, 0.6) is 0 Å². The van der Waals surface area contributed by atoms with Gasteiger partial charge >= 0.3 is 5.65 Å². The van der Waals surface area contributed by atoms with Gasteiger partial charge in [0.05, 0.1) is 0 Å². The van der Waals surface area contributed by atoms with Crippen LogP contribution in [0.3, 0.4) is 0 Å². The van der Waals surface area contributed by atoms with E-state index in [4.69, 9.17) is 10.8 Å². The van der Waals surface area contributed by atoms with E-state index in [0.29, 0.717) is 11.5 Å². The Bertz CT molecular complexity index is 949. The molecule has 0 atom stereocenters. The first-order chi connectivity index (χ1) is 10.3. The van der Waals surface area contributed by atoms with Gasteiger partial charge < -0.3 is 5.73 Å².